The van der Waals surface area contributed by atoms with Crippen LogP contribution in [0.4, 0.5) is 0 Å². The molecule has 0 aliphatic heterocycles. The molecule has 7 heteroatoms. The molecule has 56 heavy (non-hydrogen) atoms. The van der Waals surface area contributed by atoms with Gasteiger partial charge in [-0.05, 0) is 0 Å². The summed E-state index contributed by atoms with van der Waals surface area (Å²) in [5, 5.41) is 8.43. The van der Waals surface area contributed by atoms with Gasteiger partial charge in [0.25, 0.3) is 0 Å². The minimum absolute atomic E-state index is 0.550. The van der Waals surface area contributed by atoms with Gasteiger partial charge in [-0.3, -0.25) is 0 Å². The summed E-state index contributed by atoms with van der Waals surface area (Å²) in [6.45, 7) is 2.18. The average Bonchev–Trinajstić information content (AvgIpc) is 3.71. The Hall–Kier alpha value is -4.82. The van der Waals surface area contributed by atoms with Crippen molar-refractivity contribution >= 4 is 46.4 Å². The van der Waals surface area contributed by atoms with Gasteiger partial charge in [-0.1, -0.05) is 0 Å². The van der Waals surface area contributed by atoms with Crippen molar-refractivity contribution in [2.24, 2.45) is 11.8 Å². The van der Waals surface area contributed by atoms with Gasteiger partial charge >= 0.3 is 336 Å². The van der Waals surface area contributed by atoms with Crippen LogP contribution in [-0.4, -0.2) is 47.9 Å². The number of ether oxygens (including phenoxy) is 5. The normalized spacial score (nSPS) is 16.2. The summed E-state index contributed by atoms with van der Waals surface area (Å²) in [6.07, 6.45) is 5.83. The van der Waals surface area contributed by atoms with Crippen LogP contribution in [0.1, 0.15) is 24.8 Å². The van der Waals surface area contributed by atoms with Crippen LogP contribution in [0.25, 0.3) is 0 Å². The first kappa shape index (κ1) is 39.4. The summed E-state index contributed by atoms with van der Waals surface area (Å²) in [4.78, 5) is 0. The molecule has 5 nitrogen and oxygen atoms in total. The summed E-state index contributed by atoms with van der Waals surface area (Å²) < 4.78 is 28.3. The zero-order valence-corrected chi connectivity index (χ0v) is 35.6. The molecule has 1 saturated carbocycles. The van der Waals surface area contributed by atoms with Crippen LogP contribution >= 0.6 is 14.5 Å². The summed E-state index contributed by atoms with van der Waals surface area (Å²) in [6, 6.07) is 54.0. The molecule has 6 aromatic carbocycles. The van der Waals surface area contributed by atoms with Gasteiger partial charge in [0.1, 0.15) is 0 Å². The molecule has 1 aliphatic rings. The second-order valence-electron chi connectivity index (χ2n) is 15.3. The number of methoxy groups -OCH3 is 5. The fourth-order valence-corrected chi connectivity index (χ4v) is 19.6. The predicted octanol–water partition coefficient (Wildman–Crippen LogP) is 8.21. The van der Waals surface area contributed by atoms with Crippen LogP contribution in [0.5, 0.6) is 28.7 Å². The molecule has 0 heterocycles. The zero-order valence-electron chi connectivity index (χ0n) is 33.6. The van der Waals surface area contributed by atoms with Gasteiger partial charge in [0.15, 0.2) is 0 Å². The Labute approximate surface area is 334 Å². The molecule has 0 aromatic heterocycles. The molecule has 292 valence electrons. The molecule has 1 aliphatic carbocycles. The first-order chi connectivity index (χ1) is 27.3. The van der Waals surface area contributed by atoms with E-state index in [0.29, 0.717) is 11.8 Å². The molecule has 0 N–H and O–H groups in total. The van der Waals surface area contributed by atoms with Crippen LogP contribution in [0.15, 0.2) is 146 Å². The average molecular weight is 787 g/mol. The molecule has 0 saturated heterocycles. The van der Waals surface area contributed by atoms with Crippen molar-refractivity contribution in [3.8, 4) is 28.7 Å². The first-order valence-electron chi connectivity index (χ1n) is 19.6. The Kier molecular flexibility index (Phi) is 12.3. The van der Waals surface area contributed by atoms with E-state index in [2.05, 4.69) is 153 Å². The quantitative estimate of drug-likeness (QED) is 0.0984. The van der Waals surface area contributed by atoms with Gasteiger partial charge in [-0.25, -0.2) is 0 Å². The molecular weight excluding hydrogens is 730 g/mol. The second kappa shape index (κ2) is 17.5. The predicted molar refractivity (Wildman–Crippen MR) is 241 cm³/mol. The van der Waals surface area contributed by atoms with E-state index in [1.54, 1.807) is 35.5 Å². The Morgan fingerprint density at radius 3 is 0.786 bits per heavy atom. The maximum atomic E-state index is 5.66. The van der Waals surface area contributed by atoms with Gasteiger partial charge in [0, 0.05) is 0 Å². The number of aryl methyl sites for hydroxylation is 1. The van der Waals surface area contributed by atoms with Crippen molar-refractivity contribution in [2.45, 2.75) is 26.2 Å². The maximum absolute atomic E-state index is 5.66. The van der Waals surface area contributed by atoms with Gasteiger partial charge in [0.2, 0.25) is 0 Å². The Balaban J connectivity index is 1.32. The summed E-state index contributed by atoms with van der Waals surface area (Å²) in [5.74, 6) is 5.49. The van der Waals surface area contributed by atoms with E-state index in [4.69, 9.17) is 23.7 Å². The van der Waals surface area contributed by atoms with E-state index in [9.17, 15) is 0 Å². The molecule has 1 fully saturated rings. The third-order valence-electron chi connectivity index (χ3n) is 12.3. The molecule has 0 radical (unpaired) electrons. The first-order valence-corrected chi connectivity index (χ1v) is 24.1. The van der Waals surface area contributed by atoms with Crippen molar-refractivity contribution in [1.29, 1.82) is 0 Å². The van der Waals surface area contributed by atoms with Crippen LogP contribution in [0.2, 0.25) is 0 Å². The number of hydrogen-bond acceptors (Lipinski definition) is 5. The molecule has 0 spiro atoms. The van der Waals surface area contributed by atoms with E-state index in [-0.39, 0.29) is 0 Å². The number of rotatable bonds is 15. The van der Waals surface area contributed by atoms with Gasteiger partial charge < -0.3 is 0 Å². The van der Waals surface area contributed by atoms with Crippen LogP contribution in [0.3, 0.4) is 0 Å². The molecule has 6 aromatic rings. The molecule has 0 bridgehead atoms. The van der Waals surface area contributed by atoms with Crippen molar-refractivity contribution in [3.63, 3.8) is 0 Å². The van der Waals surface area contributed by atoms with Crippen LogP contribution in [-0.2, 0) is 0 Å². The van der Waals surface area contributed by atoms with Crippen molar-refractivity contribution in [2.75, 3.05) is 47.9 Å². The molecule has 2 unspecified atom stereocenters. The summed E-state index contributed by atoms with van der Waals surface area (Å²) in [7, 11) is 3.58. The van der Waals surface area contributed by atoms with Crippen molar-refractivity contribution < 1.29 is 23.7 Å². The summed E-state index contributed by atoms with van der Waals surface area (Å²) in [5.41, 5.74) is 1.28. The topological polar surface area (TPSA) is 46.2 Å². The van der Waals surface area contributed by atoms with Crippen LogP contribution in [0, 0.1) is 18.8 Å². The summed E-state index contributed by atoms with van der Waals surface area (Å²) >= 11 is 0. The Morgan fingerprint density at radius 2 is 0.571 bits per heavy atom. The zero-order chi connectivity index (χ0) is 39.1. The van der Waals surface area contributed by atoms with Crippen molar-refractivity contribution in [3.05, 3.63) is 151 Å². The van der Waals surface area contributed by atoms with Gasteiger partial charge in [-0.15, -0.1) is 0 Å². The van der Waals surface area contributed by atoms with E-state index < -0.39 is 14.5 Å². The Bertz CT molecular complexity index is 1990. The second-order valence-corrected chi connectivity index (χ2v) is 23.2. The number of hydrogen-bond donors (Lipinski definition) is 0. The molecule has 0 amide bonds. The molecule has 2 atom stereocenters. The Morgan fingerprint density at radius 1 is 0.357 bits per heavy atom. The fraction of sp³-hybridized carbons (Fsp3) is 0.265. The number of benzene rings is 6. The monoisotopic (exact) mass is 786 g/mol. The van der Waals surface area contributed by atoms with Gasteiger partial charge in [-0.2, -0.15) is 0 Å². The van der Waals surface area contributed by atoms with E-state index in [1.165, 1.54) is 56.7 Å². The van der Waals surface area contributed by atoms with Crippen molar-refractivity contribution in [1.82, 2.24) is 0 Å². The molecule has 7 rings (SSSR count). The minimum atomic E-state index is -2.59. The van der Waals surface area contributed by atoms with E-state index in [1.807, 2.05) is 0 Å². The van der Waals surface area contributed by atoms with E-state index in [0.717, 1.165) is 41.1 Å². The van der Waals surface area contributed by atoms with E-state index >= 15 is 0 Å². The van der Waals surface area contributed by atoms with Crippen LogP contribution < -0.4 is 55.5 Å². The fourth-order valence-electron chi connectivity index (χ4n) is 9.34. The standard InChI is InChI=1S/C49H56O5P2/c1-36-7-21-44(22-8-36)55(45-23-11-39(50-2)12-24-45,46-25-13-40(51-3)14-26-46)34-37-9-10-38(33-37)35-56(47-27-15-41(52-4)16-28-47,48-29-17-42(53-5)18-30-48)49-31-19-43(54-6)20-32-49/h7-8,11-32,37-38,55-56H,9-10,33-35H2,1-6H3. The SMILES string of the molecule is COc1ccc([PH](CC2CCC(C[PH](c3ccc(OC)cc3)(c3ccc(OC)cc3)c3ccc(OC)cc3)C2)(c2ccc(C)cc2)c2ccc(OC)cc2)cc1. The van der Waals surface area contributed by atoms with Gasteiger partial charge in [0.05, 0.1) is 0 Å². The molecular formula is C49H56O5P2. The third kappa shape index (κ3) is 7.90. The third-order valence-corrected chi connectivity index (χ3v) is 22.6.